The molecule has 0 aliphatic rings. The summed E-state index contributed by atoms with van der Waals surface area (Å²) in [5.41, 5.74) is 6.14. The van der Waals surface area contributed by atoms with Crippen LogP contribution in [0.4, 0.5) is 0 Å². The van der Waals surface area contributed by atoms with Crippen LogP contribution >= 0.6 is 12.4 Å². The number of nitrogens with zero attached hydrogens (tertiary/aromatic N) is 1. The van der Waals surface area contributed by atoms with Gasteiger partial charge in [-0.25, -0.2) is 0 Å². The summed E-state index contributed by atoms with van der Waals surface area (Å²) in [7, 11) is 0. The summed E-state index contributed by atoms with van der Waals surface area (Å²) < 4.78 is 10.6. The number of hydrogen-bond donors (Lipinski definition) is 1. The predicted octanol–water partition coefficient (Wildman–Crippen LogP) is 2.37. The molecule has 0 atom stereocenters. The van der Waals surface area contributed by atoms with Crippen LogP contribution in [0.2, 0.25) is 0 Å². The van der Waals surface area contributed by atoms with Crippen molar-refractivity contribution in [3.63, 3.8) is 0 Å². The molecule has 0 bridgehead atoms. The highest BCUT2D eigenvalue weighted by atomic mass is 35.5. The minimum absolute atomic E-state index is 0. The summed E-state index contributed by atoms with van der Waals surface area (Å²) in [6.45, 7) is 1.33. The second-order valence-corrected chi connectivity index (χ2v) is 3.33. The molecule has 0 saturated carbocycles. The fourth-order valence-electron chi connectivity index (χ4n) is 1.38. The summed E-state index contributed by atoms with van der Waals surface area (Å²) in [5.74, 6) is 0.572. The van der Waals surface area contributed by atoms with Gasteiger partial charge in [-0.3, -0.25) is 0 Å². The van der Waals surface area contributed by atoms with Crippen LogP contribution in [0.5, 0.6) is 5.88 Å². The van der Waals surface area contributed by atoms with E-state index in [4.69, 9.17) is 15.0 Å². The van der Waals surface area contributed by atoms with E-state index in [0.717, 1.165) is 23.8 Å². The Hall–Kier alpha value is -1.26. The molecule has 2 aromatic rings. The van der Waals surface area contributed by atoms with Gasteiger partial charge in [-0.15, -0.1) is 12.4 Å². The number of benzene rings is 1. The zero-order valence-electron chi connectivity index (χ0n) is 8.89. The van der Waals surface area contributed by atoms with Crippen molar-refractivity contribution < 1.29 is 9.26 Å². The van der Waals surface area contributed by atoms with Gasteiger partial charge in [0.2, 0.25) is 0 Å². The molecule has 1 aromatic heterocycles. The Morgan fingerprint density at radius 1 is 1.25 bits per heavy atom. The van der Waals surface area contributed by atoms with Crippen LogP contribution in [0.15, 0.2) is 28.8 Å². The molecular weight excluding hydrogens is 228 g/mol. The van der Waals surface area contributed by atoms with Crippen LogP contribution in [0.3, 0.4) is 0 Å². The van der Waals surface area contributed by atoms with Gasteiger partial charge in [-0.05, 0) is 36.7 Å². The second kappa shape index (κ2) is 6.35. The lowest BCUT2D eigenvalue weighted by Gasteiger charge is -2.00. The van der Waals surface area contributed by atoms with Gasteiger partial charge in [0.25, 0.3) is 5.88 Å². The molecule has 2 rings (SSSR count). The number of aromatic nitrogens is 1. The molecule has 0 unspecified atom stereocenters. The zero-order chi connectivity index (χ0) is 10.5. The quantitative estimate of drug-likeness (QED) is 0.818. The van der Waals surface area contributed by atoms with Crippen LogP contribution in [0.25, 0.3) is 11.0 Å². The van der Waals surface area contributed by atoms with Crippen molar-refractivity contribution in [3.8, 4) is 5.88 Å². The van der Waals surface area contributed by atoms with Crippen molar-refractivity contribution in [2.75, 3.05) is 13.2 Å². The average molecular weight is 243 g/mol. The third-order valence-corrected chi connectivity index (χ3v) is 2.18. The fraction of sp³-hybridized carbons (Fsp3) is 0.364. The molecule has 1 heterocycles. The molecule has 2 N–H and O–H groups in total. The smallest absolute Gasteiger partial charge is 0.262 e. The fourth-order valence-corrected chi connectivity index (χ4v) is 1.38. The maximum absolute atomic E-state index is 5.50. The van der Waals surface area contributed by atoms with E-state index >= 15 is 0 Å². The number of fused-ring (bicyclic) bond motifs is 1. The Kier molecular flexibility index (Phi) is 5.08. The Bertz CT molecular complexity index is 431. The van der Waals surface area contributed by atoms with E-state index in [9.17, 15) is 0 Å². The lowest BCUT2D eigenvalue weighted by Crippen LogP contribution is -2.03. The first-order chi connectivity index (χ1) is 7.42. The molecule has 0 spiro atoms. The highest BCUT2D eigenvalue weighted by Gasteiger charge is 2.07. The van der Waals surface area contributed by atoms with E-state index in [0.29, 0.717) is 19.0 Å². The summed E-state index contributed by atoms with van der Waals surface area (Å²) in [4.78, 5) is 0. The van der Waals surface area contributed by atoms with Gasteiger partial charge in [0.05, 0.1) is 12.0 Å². The lowest BCUT2D eigenvalue weighted by atomic mass is 10.3. The van der Waals surface area contributed by atoms with E-state index in [1.807, 2.05) is 24.3 Å². The topological polar surface area (TPSA) is 61.3 Å². The van der Waals surface area contributed by atoms with Crippen molar-refractivity contribution >= 4 is 23.4 Å². The number of ether oxygens (including phenoxy) is 1. The summed E-state index contributed by atoms with van der Waals surface area (Å²) in [5, 5.41) is 4.79. The molecular formula is C11H15ClN2O2. The molecule has 5 heteroatoms. The summed E-state index contributed by atoms with van der Waals surface area (Å²) in [6.07, 6.45) is 1.91. The molecule has 1 aromatic carbocycles. The molecule has 4 nitrogen and oxygen atoms in total. The molecule has 0 aliphatic carbocycles. The second-order valence-electron chi connectivity index (χ2n) is 3.33. The molecule has 16 heavy (non-hydrogen) atoms. The first-order valence-corrected chi connectivity index (χ1v) is 5.09. The van der Waals surface area contributed by atoms with Crippen molar-refractivity contribution in [2.45, 2.75) is 12.8 Å². The third-order valence-electron chi connectivity index (χ3n) is 2.18. The highest BCUT2D eigenvalue weighted by molar-refractivity contribution is 5.85. The van der Waals surface area contributed by atoms with E-state index in [1.54, 1.807) is 0 Å². The van der Waals surface area contributed by atoms with Crippen LogP contribution in [-0.2, 0) is 0 Å². The Morgan fingerprint density at radius 3 is 2.88 bits per heavy atom. The minimum Gasteiger partial charge on any atom is -0.475 e. The van der Waals surface area contributed by atoms with E-state index in [-0.39, 0.29) is 12.4 Å². The number of rotatable bonds is 5. The van der Waals surface area contributed by atoms with Crippen molar-refractivity contribution in [1.29, 1.82) is 0 Å². The van der Waals surface area contributed by atoms with Gasteiger partial charge in [-0.1, -0.05) is 12.1 Å². The number of nitrogens with two attached hydrogens (primary N) is 1. The molecule has 0 amide bonds. The van der Waals surface area contributed by atoms with Gasteiger partial charge in [0.1, 0.15) is 0 Å². The van der Waals surface area contributed by atoms with E-state index in [2.05, 4.69) is 5.16 Å². The Balaban J connectivity index is 0.00000128. The normalized spacial score (nSPS) is 10.1. The van der Waals surface area contributed by atoms with Crippen molar-refractivity contribution in [2.24, 2.45) is 5.73 Å². The molecule has 0 radical (unpaired) electrons. The largest absolute Gasteiger partial charge is 0.475 e. The summed E-state index contributed by atoms with van der Waals surface area (Å²) in [6, 6.07) is 7.65. The van der Waals surface area contributed by atoms with Gasteiger partial charge >= 0.3 is 0 Å². The Labute approximate surface area is 100 Å². The van der Waals surface area contributed by atoms with Gasteiger partial charge in [-0.2, -0.15) is 0 Å². The number of halogens is 1. The predicted molar refractivity (Wildman–Crippen MR) is 65.0 cm³/mol. The third kappa shape index (κ3) is 2.87. The first kappa shape index (κ1) is 12.8. The standard InChI is InChI=1S/C11H14N2O2.ClH/c12-7-3-4-8-14-11-9-5-1-2-6-10(9)15-13-11;/h1-2,5-6H,3-4,7-8,12H2;1H. The SMILES string of the molecule is Cl.NCCCCOc1noc2ccccc12. The van der Waals surface area contributed by atoms with Crippen LogP contribution in [0.1, 0.15) is 12.8 Å². The molecule has 0 aliphatic heterocycles. The molecule has 88 valence electrons. The van der Waals surface area contributed by atoms with E-state index < -0.39 is 0 Å². The molecule has 0 fully saturated rings. The zero-order valence-corrected chi connectivity index (χ0v) is 9.70. The Morgan fingerprint density at radius 2 is 2.06 bits per heavy atom. The van der Waals surface area contributed by atoms with E-state index in [1.165, 1.54) is 0 Å². The number of para-hydroxylation sites is 1. The minimum atomic E-state index is 0. The molecule has 0 saturated heterocycles. The average Bonchev–Trinajstić information content (AvgIpc) is 2.68. The van der Waals surface area contributed by atoms with Gasteiger partial charge < -0.3 is 15.0 Å². The van der Waals surface area contributed by atoms with Crippen molar-refractivity contribution in [3.05, 3.63) is 24.3 Å². The van der Waals surface area contributed by atoms with Crippen LogP contribution < -0.4 is 10.5 Å². The van der Waals surface area contributed by atoms with Crippen LogP contribution in [0, 0.1) is 0 Å². The monoisotopic (exact) mass is 242 g/mol. The van der Waals surface area contributed by atoms with Crippen LogP contribution in [-0.4, -0.2) is 18.3 Å². The maximum atomic E-state index is 5.50. The van der Waals surface area contributed by atoms with Crippen molar-refractivity contribution in [1.82, 2.24) is 5.16 Å². The van der Waals surface area contributed by atoms with Gasteiger partial charge in [0, 0.05) is 0 Å². The van der Waals surface area contributed by atoms with Gasteiger partial charge in [0.15, 0.2) is 5.58 Å². The first-order valence-electron chi connectivity index (χ1n) is 5.09. The summed E-state index contributed by atoms with van der Waals surface area (Å²) >= 11 is 0. The number of hydrogen-bond acceptors (Lipinski definition) is 4. The lowest BCUT2D eigenvalue weighted by molar-refractivity contribution is 0.277. The highest BCUT2D eigenvalue weighted by Crippen LogP contribution is 2.24. The maximum Gasteiger partial charge on any atom is 0.262 e. The number of unbranched alkanes of at least 4 members (excludes halogenated alkanes) is 1.